The van der Waals surface area contributed by atoms with Crippen molar-refractivity contribution in [1.82, 2.24) is 0 Å². The van der Waals surface area contributed by atoms with Crippen molar-refractivity contribution >= 4 is 27.5 Å². The van der Waals surface area contributed by atoms with Gasteiger partial charge < -0.3 is 5.11 Å². The van der Waals surface area contributed by atoms with Gasteiger partial charge in [0.25, 0.3) is 0 Å². The first kappa shape index (κ1) is 16.5. The summed E-state index contributed by atoms with van der Waals surface area (Å²) in [5, 5.41) is 13.8. The summed E-state index contributed by atoms with van der Waals surface area (Å²) in [6, 6.07) is 19.7. The average molecular weight is 320 g/mol. The Morgan fingerprint density at radius 3 is 2.17 bits per heavy atom. The number of carboxylic acid groups (broad SMARTS) is 1. The average Bonchev–Trinajstić information content (AvgIpc) is 2.56. The molecule has 3 rings (SSSR count). The Morgan fingerprint density at radius 2 is 1.50 bits per heavy atom. The maximum Gasteiger partial charge on any atom is 0.303 e. The van der Waals surface area contributed by atoms with Gasteiger partial charge in [0, 0.05) is 6.42 Å². The molecule has 2 heteroatoms. The summed E-state index contributed by atoms with van der Waals surface area (Å²) in [6.07, 6.45) is 2.95. The van der Waals surface area contributed by atoms with E-state index in [0.29, 0.717) is 0 Å². The monoisotopic (exact) mass is 320 g/mol. The highest BCUT2D eigenvalue weighted by Crippen LogP contribution is 2.32. The number of carbonyl (C=O) groups is 1. The molecule has 0 fully saturated rings. The molecule has 3 aromatic carbocycles. The molecule has 124 valence electrons. The SMILES string of the molecule is CC(C)(CCCCC(=O)O)c1ccc2cc3ccccc3cc2c1. The van der Waals surface area contributed by atoms with Crippen molar-refractivity contribution in [1.29, 1.82) is 0 Å². The van der Waals surface area contributed by atoms with Crippen molar-refractivity contribution in [2.75, 3.05) is 0 Å². The van der Waals surface area contributed by atoms with E-state index in [9.17, 15) is 4.79 Å². The second kappa shape index (κ2) is 6.64. The van der Waals surface area contributed by atoms with Gasteiger partial charge in [-0.05, 0) is 57.5 Å². The zero-order chi connectivity index (χ0) is 17.2. The molecular formula is C22H24O2. The highest BCUT2D eigenvalue weighted by molar-refractivity contribution is 5.98. The second-order valence-corrected chi connectivity index (χ2v) is 7.25. The van der Waals surface area contributed by atoms with Gasteiger partial charge in [-0.2, -0.15) is 0 Å². The number of carboxylic acids is 1. The van der Waals surface area contributed by atoms with Crippen molar-refractivity contribution in [3.05, 3.63) is 60.2 Å². The standard InChI is InChI=1S/C22H24O2/c1-22(2,12-6-5-9-21(23)24)20-11-10-18-13-16-7-3-4-8-17(16)14-19(18)15-20/h3-4,7-8,10-11,13-15H,5-6,9,12H2,1-2H3,(H,23,24). The molecule has 0 spiro atoms. The number of aliphatic carboxylic acids is 1. The Labute approximate surface area is 143 Å². The molecule has 0 unspecified atom stereocenters. The number of hydrogen-bond donors (Lipinski definition) is 1. The van der Waals surface area contributed by atoms with Crippen LogP contribution in [0.25, 0.3) is 21.5 Å². The third kappa shape index (κ3) is 3.59. The van der Waals surface area contributed by atoms with E-state index in [1.54, 1.807) is 0 Å². The summed E-state index contributed by atoms with van der Waals surface area (Å²) in [7, 11) is 0. The smallest absolute Gasteiger partial charge is 0.303 e. The molecule has 0 heterocycles. The summed E-state index contributed by atoms with van der Waals surface area (Å²) >= 11 is 0. The van der Waals surface area contributed by atoms with Crippen LogP contribution in [0.2, 0.25) is 0 Å². The van der Waals surface area contributed by atoms with Crippen molar-refractivity contribution in [3.8, 4) is 0 Å². The van der Waals surface area contributed by atoms with E-state index >= 15 is 0 Å². The van der Waals surface area contributed by atoms with Crippen molar-refractivity contribution in [2.24, 2.45) is 0 Å². The van der Waals surface area contributed by atoms with E-state index in [-0.39, 0.29) is 11.8 Å². The third-order valence-corrected chi connectivity index (χ3v) is 4.93. The fraction of sp³-hybridized carbons (Fsp3) is 0.318. The van der Waals surface area contributed by atoms with Crippen LogP contribution in [0.3, 0.4) is 0 Å². The molecule has 2 nitrogen and oxygen atoms in total. The molecule has 0 aliphatic heterocycles. The van der Waals surface area contributed by atoms with Crippen molar-refractivity contribution in [2.45, 2.75) is 44.9 Å². The predicted octanol–water partition coefficient (Wildman–Crippen LogP) is 5.92. The molecule has 0 atom stereocenters. The van der Waals surface area contributed by atoms with E-state index < -0.39 is 5.97 Å². The van der Waals surface area contributed by atoms with Gasteiger partial charge in [-0.1, -0.05) is 62.7 Å². The van der Waals surface area contributed by atoms with Crippen LogP contribution in [0.5, 0.6) is 0 Å². The Balaban J connectivity index is 1.85. The number of unbranched alkanes of at least 4 members (excludes halogenated alkanes) is 1. The molecule has 3 aromatic rings. The number of benzene rings is 3. The van der Waals surface area contributed by atoms with Crippen LogP contribution in [0, 0.1) is 0 Å². The fourth-order valence-corrected chi connectivity index (χ4v) is 3.35. The Kier molecular flexibility index (Phi) is 4.57. The minimum Gasteiger partial charge on any atom is -0.481 e. The first-order valence-electron chi connectivity index (χ1n) is 8.60. The van der Waals surface area contributed by atoms with E-state index in [4.69, 9.17) is 5.11 Å². The lowest BCUT2D eigenvalue weighted by Gasteiger charge is -2.26. The van der Waals surface area contributed by atoms with Gasteiger partial charge in [0.2, 0.25) is 0 Å². The van der Waals surface area contributed by atoms with Gasteiger partial charge in [-0.15, -0.1) is 0 Å². The molecule has 0 aliphatic carbocycles. The lowest BCUT2D eigenvalue weighted by Crippen LogP contribution is -2.17. The Hall–Kier alpha value is -2.35. The van der Waals surface area contributed by atoms with E-state index in [1.165, 1.54) is 27.1 Å². The number of fused-ring (bicyclic) bond motifs is 2. The predicted molar refractivity (Wildman–Crippen MR) is 101 cm³/mol. The highest BCUT2D eigenvalue weighted by Gasteiger charge is 2.20. The molecule has 0 bridgehead atoms. The zero-order valence-electron chi connectivity index (χ0n) is 14.4. The molecule has 24 heavy (non-hydrogen) atoms. The van der Waals surface area contributed by atoms with E-state index in [2.05, 4.69) is 68.4 Å². The summed E-state index contributed by atoms with van der Waals surface area (Å²) in [6.45, 7) is 4.49. The first-order valence-corrected chi connectivity index (χ1v) is 8.60. The lowest BCUT2D eigenvalue weighted by molar-refractivity contribution is -0.137. The topological polar surface area (TPSA) is 37.3 Å². The van der Waals surface area contributed by atoms with Crippen LogP contribution in [0.1, 0.15) is 45.1 Å². The van der Waals surface area contributed by atoms with Gasteiger partial charge in [0.1, 0.15) is 0 Å². The zero-order valence-corrected chi connectivity index (χ0v) is 14.4. The molecule has 0 saturated carbocycles. The van der Waals surface area contributed by atoms with Gasteiger partial charge >= 0.3 is 5.97 Å². The van der Waals surface area contributed by atoms with E-state index in [0.717, 1.165) is 19.3 Å². The van der Waals surface area contributed by atoms with Crippen LogP contribution < -0.4 is 0 Å². The van der Waals surface area contributed by atoms with Crippen LogP contribution in [-0.2, 0) is 10.2 Å². The molecular weight excluding hydrogens is 296 g/mol. The molecule has 0 radical (unpaired) electrons. The van der Waals surface area contributed by atoms with Gasteiger partial charge in [0.05, 0.1) is 0 Å². The van der Waals surface area contributed by atoms with Crippen molar-refractivity contribution < 1.29 is 9.90 Å². The third-order valence-electron chi connectivity index (χ3n) is 4.93. The number of rotatable bonds is 6. The molecule has 0 saturated heterocycles. The molecule has 0 aliphatic rings. The van der Waals surface area contributed by atoms with Crippen LogP contribution in [-0.4, -0.2) is 11.1 Å². The van der Waals surface area contributed by atoms with Gasteiger partial charge in [-0.25, -0.2) is 0 Å². The van der Waals surface area contributed by atoms with Crippen LogP contribution in [0.4, 0.5) is 0 Å². The summed E-state index contributed by atoms with van der Waals surface area (Å²) < 4.78 is 0. The minimum absolute atomic E-state index is 0.0539. The maximum absolute atomic E-state index is 10.6. The highest BCUT2D eigenvalue weighted by atomic mass is 16.4. The largest absolute Gasteiger partial charge is 0.481 e. The normalized spacial score (nSPS) is 11.9. The number of hydrogen-bond acceptors (Lipinski definition) is 1. The Morgan fingerprint density at radius 1 is 0.875 bits per heavy atom. The van der Waals surface area contributed by atoms with Crippen LogP contribution in [0.15, 0.2) is 54.6 Å². The summed E-state index contributed by atoms with van der Waals surface area (Å²) in [4.78, 5) is 10.6. The summed E-state index contributed by atoms with van der Waals surface area (Å²) in [5.41, 5.74) is 1.37. The van der Waals surface area contributed by atoms with E-state index in [1.807, 2.05) is 0 Å². The van der Waals surface area contributed by atoms with Gasteiger partial charge in [-0.3, -0.25) is 4.79 Å². The first-order chi connectivity index (χ1) is 11.5. The lowest BCUT2D eigenvalue weighted by atomic mass is 9.79. The fourth-order valence-electron chi connectivity index (χ4n) is 3.35. The van der Waals surface area contributed by atoms with Crippen LogP contribution >= 0.6 is 0 Å². The molecule has 0 aromatic heterocycles. The molecule has 0 amide bonds. The van der Waals surface area contributed by atoms with Crippen molar-refractivity contribution in [3.63, 3.8) is 0 Å². The molecule has 1 N–H and O–H groups in total. The quantitative estimate of drug-likeness (QED) is 0.452. The second-order valence-electron chi connectivity index (χ2n) is 7.25. The Bertz CT molecular complexity index is 877. The minimum atomic E-state index is -0.703. The maximum atomic E-state index is 10.6. The van der Waals surface area contributed by atoms with Gasteiger partial charge in [0.15, 0.2) is 0 Å². The summed E-state index contributed by atoms with van der Waals surface area (Å²) in [5.74, 6) is -0.703.